The van der Waals surface area contributed by atoms with Gasteiger partial charge in [-0.25, -0.2) is 4.39 Å². The fourth-order valence-corrected chi connectivity index (χ4v) is 4.51. The number of fused-ring (bicyclic) bond motifs is 1. The maximum absolute atomic E-state index is 13.6. The van der Waals surface area contributed by atoms with Crippen LogP contribution >= 0.6 is 0 Å². The van der Waals surface area contributed by atoms with Crippen molar-refractivity contribution in [3.05, 3.63) is 101 Å². The number of carbonyl (C=O) groups excluding carboxylic acids is 1. The highest BCUT2D eigenvalue weighted by Crippen LogP contribution is 2.44. The van der Waals surface area contributed by atoms with Crippen molar-refractivity contribution >= 4 is 17.2 Å². The zero-order valence-corrected chi connectivity index (χ0v) is 17.2. The van der Waals surface area contributed by atoms with Gasteiger partial charge < -0.3 is 15.4 Å². The summed E-state index contributed by atoms with van der Waals surface area (Å²) in [7, 11) is 1.64. The van der Waals surface area contributed by atoms with Crippen LogP contribution in [0.1, 0.15) is 35.9 Å². The van der Waals surface area contributed by atoms with Gasteiger partial charge in [0.25, 0.3) is 0 Å². The fourth-order valence-electron chi connectivity index (χ4n) is 4.51. The van der Waals surface area contributed by atoms with Crippen LogP contribution in [0.15, 0.2) is 84.1 Å². The van der Waals surface area contributed by atoms with E-state index in [1.807, 2.05) is 48.5 Å². The Kier molecular flexibility index (Phi) is 4.94. The summed E-state index contributed by atoms with van der Waals surface area (Å²) in [6.45, 7) is 0. The van der Waals surface area contributed by atoms with Crippen molar-refractivity contribution in [2.45, 2.75) is 24.8 Å². The van der Waals surface area contributed by atoms with E-state index < -0.39 is 0 Å². The number of methoxy groups -OCH3 is 1. The van der Waals surface area contributed by atoms with E-state index in [1.54, 1.807) is 19.2 Å². The molecule has 0 spiro atoms. The van der Waals surface area contributed by atoms with Crippen molar-refractivity contribution in [2.24, 2.45) is 0 Å². The second-order valence-corrected chi connectivity index (χ2v) is 7.99. The molecule has 0 saturated heterocycles. The Morgan fingerprint density at radius 1 is 0.871 bits per heavy atom. The molecule has 3 aromatic carbocycles. The van der Waals surface area contributed by atoms with Gasteiger partial charge in [0.05, 0.1) is 24.5 Å². The highest BCUT2D eigenvalue weighted by molar-refractivity contribution is 6.01. The average molecular weight is 414 g/mol. The maximum Gasteiger partial charge on any atom is 0.163 e. The van der Waals surface area contributed by atoms with E-state index in [0.29, 0.717) is 6.42 Å². The largest absolute Gasteiger partial charge is 0.497 e. The monoisotopic (exact) mass is 414 g/mol. The van der Waals surface area contributed by atoms with Crippen molar-refractivity contribution < 1.29 is 13.9 Å². The van der Waals surface area contributed by atoms with Crippen molar-refractivity contribution in [3.63, 3.8) is 0 Å². The lowest BCUT2D eigenvalue weighted by Gasteiger charge is -2.30. The summed E-state index contributed by atoms with van der Waals surface area (Å²) in [5, 5.41) is 7.04. The molecule has 0 bridgehead atoms. The van der Waals surface area contributed by atoms with Crippen LogP contribution in [0, 0.1) is 5.82 Å². The van der Waals surface area contributed by atoms with Gasteiger partial charge in [-0.3, -0.25) is 4.79 Å². The topological polar surface area (TPSA) is 50.4 Å². The first-order valence-electron chi connectivity index (χ1n) is 10.4. The van der Waals surface area contributed by atoms with E-state index in [0.717, 1.165) is 45.9 Å². The third-order valence-corrected chi connectivity index (χ3v) is 6.10. The van der Waals surface area contributed by atoms with E-state index in [-0.39, 0.29) is 23.6 Å². The molecule has 2 aliphatic rings. The summed E-state index contributed by atoms with van der Waals surface area (Å²) in [6, 6.07) is 21.9. The highest BCUT2D eigenvalue weighted by atomic mass is 19.1. The minimum atomic E-state index is -0.337. The van der Waals surface area contributed by atoms with Crippen molar-refractivity contribution in [3.8, 4) is 5.75 Å². The average Bonchev–Trinajstić information content (AvgIpc) is 2.96. The summed E-state index contributed by atoms with van der Waals surface area (Å²) < 4.78 is 18.8. The minimum Gasteiger partial charge on any atom is -0.497 e. The Hall–Kier alpha value is -3.60. The van der Waals surface area contributed by atoms with Gasteiger partial charge in [-0.05, 0) is 59.9 Å². The van der Waals surface area contributed by atoms with Crippen LogP contribution in [0.2, 0.25) is 0 Å². The summed E-state index contributed by atoms with van der Waals surface area (Å²) in [5.74, 6) is 0.695. The van der Waals surface area contributed by atoms with Crippen LogP contribution in [0.3, 0.4) is 0 Å². The third-order valence-electron chi connectivity index (χ3n) is 6.10. The van der Waals surface area contributed by atoms with Crippen LogP contribution in [0.5, 0.6) is 5.75 Å². The molecule has 0 fully saturated rings. The van der Waals surface area contributed by atoms with E-state index >= 15 is 0 Å². The molecule has 156 valence electrons. The van der Waals surface area contributed by atoms with Crippen LogP contribution in [-0.4, -0.2) is 12.9 Å². The molecule has 5 rings (SSSR count). The summed E-state index contributed by atoms with van der Waals surface area (Å²) in [4.78, 5) is 13.5. The lowest BCUT2D eigenvalue weighted by atomic mass is 9.78. The summed E-state index contributed by atoms with van der Waals surface area (Å²) >= 11 is 0. The van der Waals surface area contributed by atoms with Gasteiger partial charge in [0.15, 0.2) is 5.78 Å². The number of nitrogens with one attached hydrogen (secondary N) is 2. The Bertz CT molecular complexity index is 1150. The number of para-hydroxylation sites is 2. The van der Waals surface area contributed by atoms with E-state index in [9.17, 15) is 9.18 Å². The molecular formula is C26H23FN2O2. The van der Waals surface area contributed by atoms with Crippen molar-refractivity contribution in [1.82, 2.24) is 0 Å². The minimum absolute atomic E-state index is 0.0868. The quantitative estimate of drug-likeness (QED) is 0.568. The van der Waals surface area contributed by atoms with Gasteiger partial charge in [0.1, 0.15) is 11.6 Å². The molecule has 0 unspecified atom stereocenters. The lowest BCUT2D eigenvalue weighted by molar-refractivity contribution is -0.116. The van der Waals surface area contributed by atoms with Crippen molar-refractivity contribution in [1.29, 1.82) is 0 Å². The van der Waals surface area contributed by atoms with Gasteiger partial charge >= 0.3 is 0 Å². The number of rotatable bonds is 3. The predicted molar refractivity (Wildman–Crippen MR) is 120 cm³/mol. The van der Waals surface area contributed by atoms with E-state index in [2.05, 4.69) is 10.6 Å². The first kappa shape index (κ1) is 19.4. The van der Waals surface area contributed by atoms with Gasteiger partial charge in [-0.15, -0.1) is 0 Å². The SMILES string of the molecule is COc1ccc([C@H]2CC(=O)C3=C(C2)Nc2ccccc2N[C@@H]3c2ccc(F)cc2)cc1. The molecule has 2 atom stereocenters. The summed E-state index contributed by atoms with van der Waals surface area (Å²) in [6.07, 6.45) is 1.16. The molecular weight excluding hydrogens is 391 g/mol. The van der Waals surface area contributed by atoms with Gasteiger partial charge in [0.2, 0.25) is 0 Å². The standard InChI is InChI=1S/C26H23FN2O2/c1-31-20-12-8-16(9-13-20)18-14-23-25(24(30)15-18)26(17-6-10-19(27)11-7-17)29-22-5-3-2-4-21(22)28-23/h2-13,18,26,28-29H,14-15H2,1H3/t18-,26-/m1/s1. The molecule has 1 heterocycles. The number of Topliss-reactive ketones (excluding diaryl/α,β-unsaturated/α-hetero) is 1. The molecule has 4 nitrogen and oxygen atoms in total. The second-order valence-electron chi connectivity index (χ2n) is 7.99. The number of anilines is 2. The number of hydrogen-bond donors (Lipinski definition) is 2. The zero-order valence-electron chi connectivity index (χ0n) is 17.2. The van der Waals surface area contributed by atoms with Crippen molar-refractivity contribution in [2.75, 3.05) is 17.7 Å². The third kappa shape index (κ3) is 3.67. The Balaban J connectivity index is 1.57. The summed E-state index contributed by atoms with van der Waals surface area (Å²) in [5.41, 5.74) is 5.48. The van der Waals surface area contributed by atoms with Gasteiger partial charge in [-0.2, -0.15) is 0 Å². The molecule has 0 radical (unpaired) electrons. The Morgan fingerprint density at radius 3 is 2.26 bits per heavy atom. The van der Waals surface area contributed by atoms with Crippen LogP contribution < -0.4 is 15.4 Å². The number of carbonyl (C=O) groups is 1. The Labute approximate surface area is 180 Å². The molecule has 2 N–H and O–H groups in total. The van der Waals surface area contributed by atoms with E-state index in [1.165, 1.54) is 12.1 Å². The number of ketones is 1. The molecule has 1 aliphatic carbocycles. The number of benzene rings is 3. The molecule has 0 amide bonds. The lowest BCUT2D eigenvalue weighted by Crippen LogP contribution is -2.26. The predicted octanol–water partition coefficient (Wildman–Crippen LogP) is 5.81. The first-order valence-corrected chi connectivity index (χ1v) is 10.4. The molecule has 3 aromatic rings. The first-order chi connectivity index (χ1) is 15.1. The molecule has 1 aliphatic heterocycles. The zero-order chi connectivity index (χ0) is 21.4. The second kappa shape index (κ2) is 7.91. The normalized spacial score (nSPS) is 20.1. The number of allylic oxidation sites excluding steroid dienone is 1. The van der Waals surface area contributed by atoms with Gasteiger partial charge in [0, 0.05) is 17.7 Å². The molecule has 0 saturated carbocycles. The molecule has 31 heavy (non-hydrogen) atoms. The molecule has 0 aromatic heterocycles. The van der Waals surface area contributed by atoms with Crippen LogP contribution in [0.25, 0.3) is 0 Å². The Morgan fingerprint density at radius 2 is 1.55 bits per heavy atom. The highest BCUT2D eigenvalue weighted by Gasteiger charge is 2.36. The van der Waals surface area contributed by atoms with Crippen LogP contribution in [-0.2, 0) is 4.79 Å². The number of hydrogen-bond acceptors (Lipinski definition) is 4. The number of ether oxygens (including phenoxy) is 1. The number of halogens is 1. The maximum atomic E-state index is 13.6. The van der Waals surface area contributed by atoms with Gasteiger partial charge in [-0.1, -0.05) is 36.4 Å². The molecule has 5 heteroatoms. The smallest absolute Gasteiger partial charge is 0.163 e. The fraction of sp³-hybridized carbons (Fsp3) is 0.192. The van der Waals surface area contributed by atoms with Crippen LogP contribution in [0.4, 0.5) is 15.8 Å². The van der Waals surface area contributed by atoms with E-state index in [4.69, 9.17) is 4.74 Å².